The number of carbonyl (C=O) groups excluding carboxylic acids is 1. The van der Waals surface area contributed by atoms with E-state index in [1.165, 1.54) is 0 Å². The summed E-state index contributed by atoms with van der Waals surface area (Å²) in [5.74, 6) is -2.83. The second-order valence-corrected chi connectivity index (χ2v) is 9.09. The summed E-state index contributed by atoms with van der Waals surface area (Å²) in [6, 6.07) is -1.02. The molecule has 21 heavy (non-hydrogen) atoms. The van der Waals surface area contributed by atoms with Crippen molar-refractivity contribution in [3.8, 4) is 0 Å². The number of aliphatic carboxylic acids is 2. The lowest BCUT2D eigenvalue weighted by Gasteiger charge is -2.18. The Hall–Kier alpha value is -1.15. The van der Waals surface area contributed by atoms with Gasteiger partial charge in [-0.2, -0.15) is 0 Å². The zero-order chi connectivity index (χ0) is 16.4. The van der Waals surface area contributed by atoms with Gasteiger partial charge in [-0.15, -0.1) is 11.8 Å². The molecule has 0 aliphatic carbocycles. The minimum absolute atomic E-state index is 0.0313. The van der Waals surface area contributed by atoms with Gasteiger partial charge in [-0.1, -0.05) is 25.6 Å². The number of carbonyl (C=O) groups is 3. The molecule has 0 radical (unpaired) electrons. The molecule has 1 amide bonds. The van der Waals surface area contributed by atoms with Crippen molar-refractivity contribution in [2.75, 3.05) is 0 Å². The van der Waals surface area contributed by atoms with Crippen LogP contribution in [0.5, 0.6) is 0 Å². The summed E-state index contributed by atoms with van der Waals surface area (Å²) in [4.78, 5) is 34.6. The minimum Gasteiger partial charge on any atom is -0.480 e. The Labute approximate surface area is 131 Å². The van der Waals surface area contributed by atoms with Crippen LogP contribution in [0.3, 0.4) is 0 Å². The lowest BCUT2D eigenvalue weighted by atomic mass is 10.0. The standard InChI is InChI=1S/C13H19NO5S2/c1-6(2)5-7(11(16)17)14-10(15)8-9(12(18)19)21-13(3,4)20-8/h6-7H,5H2,1-4H3,(H,14,15)(H,16,17)(H,18,19)/t7-/m0/s1. The predicted octanol–water partition coefficient (Wildman–Crippen LogP) is 2.11. The molecule has 0 fully saturated rings. The molecule has 1 aliphatic heterocycles. The Morgan fingerprint density at radius 2 is 1.67 bits per heavy atom. The number of amides is 1. The molecule has 0 saturated carbocycles. The van der Waals surface area contributed by atoms with Crippen LogP contribution in [0.15, 0.2) is 9.81 Å². The number of hydrogen-bond acceptors (Lipinski definition) is 5. The maximum absolute atomic E-state index is 12.2. The summed E-state index contributed by atoms with van der Waals surface area (Å²) >= 11 is 2.24. The van der Waals surface area contributed by atoms with E-state index in [2.05, 4.69) is 5.32 Å². The third-order valence-corrected chi connectivity index (χ3v) is 5.40. The summed E-state index contributed by atoms with van der Waals surface area (Å²) < 4.78 is -0.461. The van der Waals surface area contributed by atoms with Crippen molar-refractivity contribution in [3.63, 3.8) is 0 Å². The summed E-state index contributed by atoms with van der Waals surface area (Å²) in [7, 11) is 0. The number of nitrogens with one attached hydrogen (secondary N) is 1. The van der Waals surface area contributed by atoms with E-state index in [-0.39, 0.29) is 22.1 Å². The Morgan fingerprint density at radius 1 is 1.14 bits per heavy atom. The molecule has 6 nitrogen and oxygen atoms in total. The maximum atomic E-state index is 12.2. The average Bonchev–Trinajstić information content (AvgIpc) is 2.64. The number of hydrogen-bond donors (Lipinski definition) is 3. The van der Waals surface area contributed by atoms with E-state index in [4.69, 9.17) is 10.2 Å². The number of carboxylic acids is 2. The fraction of sp³-hybridized carbons (Fsp3) is 0.615. The van der Waals surface area contributed by atoms with Crippen LogP contribution in [0.25, 0.3) is 0 Å². The minimum atomic E-state index is -1.17. The monoisotopic (exact) mass is 333 g/mol. The van der Waals surface area contributed by atoms with Crippen LogP contribution in [-0.4, -0.2) is 38.2 Å². The van der Waals surface area contributed by atoms with Crippen LogP contribution in [-0.2, 0) is 14.4 Å². The van der Waals surface area contributed by atoms with E-state index >= 15 is 0 Å². The molecule has 0 aromatic heterocycles. The van der Waals surface area contributed by atoms with E-state index in [0.717, 1.165) is 23.5 Å². The molecule has 1 rings (SSSR count). The molecule has 118 valence electrons. The molecular weight excluding hydrogens is 314 g/mol. The first kappa shape index (κ1) is 17.9. The molecular formula is C13H19NO5S2. The highest BCUT2D eigenvalue weighted by molar-refractivity contribution is 8.25. The highest BCUT2D eigenvalue weighted by Crippen LogP contribution is 2.53. The first-order valence-electron chi connectivity index (χ1n) is 6.42. The molecule has 0 aromatic rings. The lowest BCUT2D eigenvalue weighted by Crippen LogP contribution is -2.42. The second-order valence-electron chi connectivity index (χ2n) is 5.56. The molecule has 0 aromatic carbocycles. The highest BCUT2D eigenvalue weighted by atomic mass is 32.2. The van der Waals surface area contributed by atoms with Crippen molar-refractivity contribution in [1.82, 2.24) is 5.32 Å². The van der Waals surface area contributed by atoms with Gasteiger partial charge in [0.15, 0.2) is 0 Å². The van der Waals surface area contributed by atoms with Gasteiger partial charge in [-0.3, -0.25) is 4.79 Å². The Morgan fingerprint density at radius 3 is 2.10 bits per heavy atom. The van der Waals surface area contributed by atoms with E-state index in [1.807, 2.05) is 27.7 Å². The van der Waals surface area contributed by atoms with Gasteiger partial charge in [0.25, 0.3) is 5.91 Å². The van der Waals surface area contributed by atoms with Gasteiger partial charge in [0.2, 0.25) is 0 Å². The smallest absolute Gasteiger partial charge is 0.343 e. The Bertz CT molecular complexity index is 499. The lowest BCUT2D eigenvalue weighted by molar-refractivity contribution is -0.141. The molecule has 0 saturated heterocycles. The topological polar surface area (TPSA) is 104 Å². The van der Waals surface area contributed by atoms with Crippen LogP contribution < -0.4 is 5.32 Å². The van der Waals surface area contributed by atoms with Gasteiger partial charge < -0.3 is 15.5 Å². The van der Waals surface area contributed by atoms with E-state index in [9.17, 15) is 14.4 Å². The molecule has 0 unspecified atom stereocenters. The zero-order valence-corrected chi connectivity index (χ0v) is 13.9. The Balaban J connectivity index is 2.93. The summed E-state index contributed by atoms with van der Waals surface area (Å²) in [5, 5.41) is 20.7. The zero-order valence-electron chi connectivity index (χ0n) is 12.3. The van der Waals surface area contributed by atoms with Crippen LogP contribution in [0.2, 0.25) is 0 Å². The Kier molecular flexibility index (Phi) is 5.75. The van der Waals surface area contributed by atoms with Gasteiger partial charge in [-0.05, 0) is 26.2 Å². The van der Waals surface area contributed by atoms with Crippen LogP contribution in [0.4, 0.5) is 0 Å². The second kappa shape index (κ2) is 6.74. The van der Waals surface area contributed by atoms with Gasteiger partial charge in [0.05, 0.1) is 8.98 Å². The number of thioether (sulfide) groups is 2. The molecule has 3 N–H and O–H groups in total. The van der Waals surface area contributed by atoms with Crippen LogP contribution in [0.1, 0.15) is 34.1 Å². The van der Waals surface area contributed by atoms with Crippen molar-refractivity contribution in [3.05, 3.63) is 9.81 Å². The van der Waals surface area contributed by atoms with Crippen molar-refractivity contribution >= 4 is 41.4 Å². The third-order valence-electron chi connectivity index (χ3n) is 2.61. The molecule has 0 bridgehead atoms. The summed E-state index contributed by atoms with van der Waals surface area (Å²) in [5.41, 5.74) is 0. The van der Waals surface area contributed by atoms with Gasteiger partial charge in [-0.25, -0.2) is 9.59 Å². The molecule has 1 heterocycles. The molecule has 0 spiro atoms. The van der Waals surface area contributed by atoms with Crippen molar-refractivity contribution in [1.29, 1.82) is 0 Å². The SMILES string of the molecule is CC(C)C[C@H](NC(=O)C1=C(C(=O)O)SC(C)(C)S1)C(=O)O. The van der Waals surface area contributed by atoms with Crippen molar-refractivity contribution in [2.45, 2.75) is 44.2 Å². The van der Waals surface area contributed by atoms with Crippen molar-refractivity contribution < 1.29 is 24.6 Å². The average molecular weight is 333 g/mol. The molecule has 8 heteroatoms. The quantitative estimate of drug-likeness (QED) is 0.684. The van der Waals surface area contributed by atoms with E-state index in [0.29, 0.717) is 0 Å². The number of rotatable bonds is 6. The first-order valence-corrected chi connectivity index (χ1v) is 8.06. The summed E-state index contributed by atoms with van der Waals surface area (Å²) in [6.45, 7) is 7.34. The van der Waals surface area contributed by atoms with E-state index < -0.39 is 28.0 Å². The van der Waals surface area contributed by atoms with Crippen molar-refractivity contribution in [2.24, 2.45) is 5.92 Å². The largest absolute Gasteiger partial charge is 0.480 e. The van der Waals surface area contributed by atoms with Crippen LogP contribution in [0, 0.1) is 5.92 Å². The van der Waals surface area contributed by atoms with Gasteiger partial charge in [0.1, 0.15) is 10.9 Å². The third kappa shape index (κ3) is 4.96. The fourth-order valence-corrected chi connectivity index (χ4v) is 4.32. The normalized spacial score (nSPS) is 18.7. The molecule has 1 aliphatic rings. The predicted molar refractivity (Wildman–Crippen MR) is 82.9 cm³/mol. The first-order chi connectivity index (χ1) is 9.53. The van der Waals surface area contributed by atoms with E-state index in [1.54, 1.807) is 0 Å². The number of carboxylic acid groups (broad SMARTS) is 2. The van der Waals surface area contributed by atoms with Gasteiger partial charge in [0, 0.05) is 0 Å². The maximum Gasteiger partial charge on any atom is 0.343 e. The fourth-order valence-electron chi connectivity index (χ4n) is 1.81. The highest BCUT2D eigenvalue weighted by Gasteiger charge is 2.39. The summed E-state index contributed by atoms with van der Waals surface area (Å²) in [6.07, 6.45) is 0.290. The molecule has 1 atom stereocenters. The van der Waals surface area contributed by atoms with Crippen LogP contribution >= 0.6 is 23.5 Å². The van der Waals surface area contributed by atoms with Gasteiger partial charge >= 0.3 is 11.9 Å².